The Kier molecular flexibility index (Phi) is 10.7. The predicted octanol–water partition coefficient (Wildman–Crippen LogP) is 6.74. The Balaban J connectivity index is 1.60. The Bertz CT molecular complexity index is 1030. The van der Waals surface area contributed by atoms with Crippen molar-refractivity contribution in [1.29, 1.82) is 0 Å². The molecule has 2 aromatic rings. The van der Waals surface area contributed by atoms with Gasteiger partial charge in [-0.1, -0.05) is 67.4 Å². The molecule has 204 valence electrons. The van der Waals surface area contributed by atoms with Crippen LogP contribution in [0.4, 0.5) is 0 Å². The number of carbonyl (C=O) groups is 1. The quantitative estimate of drug-likeness (QED) is 0.271. The first-order valence-electron chi connectivity index (χ1n) is 13.5. The minimum atomic E-state index is -0.744. The second-order valence-electron chi connectivity index (χ2n) is 10.3. The Hall–Kier alpha value is -1.79. The molecule has 0 bridgehead atoms. The maximum absolute atomic E-state index is 12.1. The molecule has 0 amide bonds. The van der Waals surface area contributed by atoms with Gasteiger partial charge in [0.1, 0.15) is 23.0 Å². The molecule has 0 saturated heterocycles. The van der Waals surface area contributed by atoms with E-state index in [0.29, 0.717) is 30.4 Å². The van der Waals surface area contributed by atoms with Gasteiger partial charge in [-0.15, -0.1) is 0 Å². The average Bonchev–Trinajstić information content (AvgIpc) is 3.31. The molecular formula is C30H41Cl2NO4. The molecule has 1 aliphatic rings. The van der Waals surface area contributed by atoms with E-state index in [-0.39, 0.29) is 21.6 Å². The maximum atomic E-state index is 12.1. The lowest BCUT2D eigenvalue weighted by Crippen LogP contribution is -2.51. The van der Waals surface area contributed by atoms with E-state index in [4.69, 9.17) is 32.7 Å². The molecule has 2 aromatic carbocycles. The topological polar surface area (TPSA) is 67.8 Å². The molecule has 1 aliphatic carbocycles. The van der Waals surface area contributed by atoms with Crippen LogP contribution in [0.5, 0.6) is 5.75 Å². The fraction of sp³-hybridized carbons (Fsp3) is 0.567. The fourth-order valence-corrected chi connectivity index (χ4v) is 5.88. The number of carbonyl (C=O) groups excluding carboxylic acids is 1. The van der Waals surface area contributed by atoms with Crippen molar-refractivity contribution in [1.82, 2.24) is 5.32 Å². The average molecular weight is 551 g/mol. The van der Waals surface area contributed by atoms with Crippen LogP contribution in [0.1, 0.15) is 76.5 Å². The molecule has 0 aromatic heterocycles. The van der Waals surface area contributed by atoms with E-state index in [9.17, 15) is 9.90 Å². The van der Waals surface area contributed by atoms with Gasteiger partial charge in [-0.2, -0.15) is 0 Å². The van der Waals surface area contributed by atoms with Gasteiger partial charge in [0.05, 0.1) is 17.5 Å². The van der Waals surface area contributed by atoms with E-state index in [1.807, 2.05) is 6.92 Å². The third-order valence-electron chi connectivity index (χ3n) is 7.89. The largest absolute Gasteiger partial charge is 0.486 e. The van der Waals surface area contributed by atoms with Crippen molar-refractivity contribution in [2.45, 2.75) is 90.4 Å². The number of aliphatic hydroxyl groups is 1. The Morgan fingerprint density at radius 3 is 2.24 bits per heavy atom. The van der Waals surface area contributed by atoms with E-state index in [1.54, 1.807) is 26.0 Å². The number of aliphatic hydroxyl groups excluding tert-OH is 1. The third kappa shape index (κ3) is 7.20. The number of hydrogen-bond acceptors (Lipinski definition) is 5. The van der Waals surface area contributed by atoms with Crippen LogP contribution in [0.15, 0.2) is 36.4 Å². The molecule has 0 fully saturated rings. The highest BCUT2D eigenvalue weighted by molar-refractivity contribution is 6.43. The second kappa shape index (κ2) is 13.3. The van der Waals surface area contributed by atoms with Gasteiger partial charge in [0.2, 0.25) is 0 Å². The minimum absolute atomic E-state index is 0.0424. The summed E-state index contributed by atoms with van der Waals surface area (Å²) in [6, 6.07) is 12.1. The van der Waals surface area contributed by atoms with E-state index >= 15 is 0 Å². The summed E-state index contributed by atoms with van der Waals surface area (Å²) in [5.41, 5.74) is 3.47. The van der Waals surface area contributed by atoms with Crippen LogP contribution in [-0.2, 0) is 22.4 Å². The van der Waals surface area contributed by atoms with Crippen molar-refractivity contribution < 1.29 is 19.4 Å². The van der Waals surface area contributed by atoms with Crippen molar-refractivity contribution in [3.05, 3.63) is 63.1 Å². The van der Waals surface area contributed by atoms with Crippen LogP contribution in [0, 0.1) is 5.92 Å². The lowest BCUT2D eigenvalue weighted by Gasteiger charge is -2.37. The molecule has 0 radical (unpaired) electrons. The molecule has 0 spiro atoms. The first-order chi connectivity index (χ1) is 17.6. The lowest BCUT2D eigenvalue weighted by atomic mass is 9.81. The number of fused-ring (bicyclic) bond motifs is 1. The first-order valence-corrected chi connectivity index (χ1v) is 14.2. The summed E-state index contributed by atoms with van der Waals surface area (Å²) < 4.78 is 11.1. The highest BCUT2D eigenvalue weighted by atomic mass is 35.5. The number of halogens is 2. The van der Waals surface area contributed by atoms with Crippen molar-refractivity contribution in [3.8, 4) is 5.75 Å². The van der Waals surface area contributed by atoms with Crippen molar-refractivity contribution in [2.24, 2.45) is 5.92 Å². The van der Waals surface area contributed by atoms with Gasteiger partial charge in [-0.3, -0.25) is 4.79 Å². The third-order valence-corrected chi connectivity index (χ3v) is 8.77. The molecule has 3 atom stereocenters. The van der Waals surface area contributed by atoms with Crippen LogP contribution < -0.4 is 10.1 Å². The van der Waals surface area contributed by atoms with Crippen molar-refractivity contribution in [2.75, 3.05) is 13.2 Å². The number of nitrogens with one attached hydrogen (secondary N) is 1. The van der Waals surface area contributed by atoms with Crippen LogP contribution in [0.2, 0.25) is 10.0 Å². The van der Waals surface area contributed by atoms with Gasteiger partial charge in [0.25, 0.3) is 0 Å². The van der Waals surface area contributed by atoms with Crippen LogP contribution in [0.25, 0.3) is 0 Å². The number of hydrogen-bond donors (Lipinski definition) is 2. The molecule has 1 unspecified atom stereocenters. The molecular weight excluding hydrogens is 509 g/mol. The van der Waals surface area contributed by atoms with Crippen molar-refractivity contribution in [3.63, 3.8) is 0 Å². The number of benzene rings is 2. The van der Waals surface area contributed by atoms with E-state index in [1.165, 1.54) is 11.1 Å². The van der Waals surface area contributed by atoms with Gasteiger partial charge < -0.3 is 19.9 Å². The van der Waals surface area contributed by atoms with Gasteiger partial charge in [0.15, 0.2) is 0 Å². The lowest BCUT2D eigenvalue weighted by molar-refractivity contribution is -0.144. The van der Waals surface area contributed by atoms with Gasteiger partial charge in [0, 0.05) is 12.1 Å². The number of rotatable bonds is 13. The number of β-amino-alcohol motifs (C(OH)–C–C–N with tert-alkyl or cyclic N) is 1. The summed E-state index contributed by atoms with van der Waals surface area (Å²) in [6.45, 7) is 10.4. The summed E-state index contributed by atoms with van der Waals surface area (Å²) in [4.78, 5) is 12.1. The highest BCUT2D eigenvalue weighted by Crippen LogP contribution is 2.39. The highest BCUT2D eigenvalue weighted by Gasteiger charge is 2.33. The minimum Gasteiger partial charge on any atom is -0.486 e. The smallest absolute Gasteiger partial charge is 0.313 e. The zero-order valence-corrected chi connectivity index (χ0v) is 24.2. The summed E-state index contributed by atoms with van der Waals surface area (Å²) in [5.74, 6) is 0.0713. The maximum Gasteiger partial charge on any atom is 0.313 e. The van der Waals surface area contributed by atoms with Crippen LogP contribution in [0.3, 0.4) is 0 Å². The SMILES string of the molecule is CCOC(=O)C(C)c1ccc(O[C@@H](C)[C@H](O)CNC(CC)(CC)CC2Cc3ccccc3C2)c(Cl)c1Cl. The molecule has 3 rings (SSSR count). The van der Waals surface area contributed by atoms with E-state index < -0.39 is 18.1 Å². The van der Waals surface area contributed by atoms with Gasteiger partial charge >= 0.3 is 5.97 Å². The summed E-state index contributed by atoms with van der Waals surface area (Å²) in [7, 11) is 0. The number of esters is 1. The summed E-state index contributed by atoms with van der Waals surface area (Å²) in [6.07, 6.45) is 4.01. The summed E-state index contributed by atoms with van der Waals surface area (Å²) in [5, 5.41) is 15.1. The Labute approximate surface area is 231 Å². The van der Waals surface area contributed by atoms with E-state index in [2.05, 4.69) is 43.4 Å². The van der Waals surface area contributed by atoms with Crippen molar-refractivity contribution >= 4 is 29.2 Å². The normalized spacial score (nSPS) is 16.2. The standard InChI is InChI=1S/C30H41Cl2NO4/c1-6-30(7-2,17-21-15-22-11-9-10-12-23(22)16-21)33-18-25(34)20(5)37-26-14-13-24(27(31)28(26)32)19(4)29(35)36-8-3/h9-14,19-21,25,33-34H,6-8,15-18H2,1-5H3/t19?,20-,25+/m0/s1. The molecule has 0 heterocycles. The Morgan fingerprint density at radius 1 is 1.05 bits per heavy atom. The zero-order valence-electron chi connectivity index (χ0n) is 22.7. The van der Waals surface area contributed by atoms with Crippen LogP contribution >= 0.6 is 23.2 Å². The molecule has 2 N–H and O–H groups in total. The second-order valence-corrected chi connectivity index (χ2v) is 11.0. The summed E-state index contributed by atoms with van der Waals surface area (Å²) >= 11 is 13.0. The number of ether oxygens (including phenoxy) is 2. The molecule has 37 heavy (non-hydrogen) atoms. The monoisotopic (exact) mass is 549 g/mol. The Morgan fingerprint density at radius 2 is 1.68 bits per heavy atom. The first kappa shape index (κ1) is 29.8. The fourth-order valence-electron chi connectivity index (χ4n) is 5.34. The molecule has 5 nitrogen and oxygen atoms in total. The van der Waals surface area contributed by atoms with E-state index in [0.717, 1.165) is 32.1 Å². The van der Waals surface area contributed by atoms with Crippen LogP contribution in [-0.4, -0.2) is 42.0 Å². The zero-order chi connectivity index (χ0) is 27.2. The molecule has 0 saturated carbocycles. The molecule has 7 heteroatoms. The molecule has 0 aliphatic heterocycles. The van der Waals surface area contributed by atoms with Gasteiger partial charge in [-0.05, 0) is 81.5 Å². The van der Waals surface area contributed by atoms with Gasteiger partial charge in [-0.25, -0.2) is 0 Å². The predicted molar refractivity (Wildman–Crippen MR) is 151 cm³/mol.